The average Bonchev–Trinajstić information content (AvgIpc) is 2.93. The number of nitrogens with two attached hydrogens (primary N) is 1. The maximum absolute atomic E-state index is 6.11. The van der Waals surface area contributed by atoms with Crippen LogP contribution in [0.4, 0.5) is 0 Å². The number of halogens is 1. The quantitative estimate of drug-likeness (QED) is 0.870. The maximum Gasteiger partial charge on any atom is 0.0406 e. The predicted molar refractivity (Wildman–Crippen MR) is 72.1 cm³/mol. The van der Waals surface area contributed by atoms with E-state index in [1.807, 2.05) is 12.1 Å². The van der Waals surface area contributed by atoms with Crippen LogP contribution in [-0.4, -0.2) is 6.54 Å². The Morgan fingerprint density at radius 1 is 1.24 bits per heavy atom. The largest absolute Gasteiger partial charge is 0.330 e. The van der Waals surface area contributed by atoms with Gasteiger partial charge >= 0.3 is 0 Å². The molecule has 2 saturated carbocycles. The molecule has 1 aromatic rings. The van der Waals surface area contributed by atoms with Gasteiger partial charge < -0.3 is 5.73 Å². The second-order valence-corrected chi connectivity index (χ2v) is 6.39. The van der Waals surface area contributed by atoms with E-state index >= 15 is 0 Å². The normalized spacial score (nSPS) is 35.4. The third-order valence-corrected chi connectivity index (χ3v) is 5.23. The lowest BCUT2D eigenvalue weighted by Gasteiger charge is -2.37. The fraction of sp³-hybridized carbons (Fsp3) is 0.600. The summed E-state index contributed by atoms with van der Waals surface area (Å²) in [6.07, 6.45) is 6.74. The van der Waals surface area contributed by atoms with Gasteiger partial charge in [-0.15, -0.1) is 0 Å². The minimum absolute atomic E-state index is 0.386. The number of fused-ring (bicyclic) bond motifs is 2. The van der Waals surface area contributed by atoms with Crippen LogP contribution in [0.5, 0.6) is 0 Å². The summed E-state index contributed by atoms with van der Waals surface area (Å²) in [5.74, 6) is 1.82. The lowest BCUT2D eigenvalue weighted by Crippen LogP contribution is -2.37. The molecule has 92 valence electrons. The van der Waals surface area contributed by atoms with Crippen LogP contribution >= 0.6 is 11.6 Å². The van der Waals surface area contributed by atoms with Crippen molar-refractivity contribution >= 4 is 11.6 Å². The van der Waals surface area contributed by atoms with E-state index in [0.29, 0.717) is 5.41 Å². The zero-order valence-electron chi connectivity index (χ0n) is 10.2. The van der Waals surface area contributed by atoms with Gasteiger partial charge in [-0.2, -0.15) is 0 Å². The molecule has 0 aromatic heterocycles. The van der Waals surface area contributed by atoms with Crippen LogP contribution in [0.3, 0.4) is 0 Å². The molecule has 0 saturated heterocycles. The molecule has 0 spiro atoms. The molecule has 2 fully saturated rings. The fourth-order valence-electron chi connectivity index (χ4n) is 4.11. The lowest BCUT2D eigenvalue weighted by molar-refractivity contribution is 0.171. The Bertz CT molecular complexity index is 400. The molecule has 1 nitrogen and oxygen atoms in total. The fourth-order valence-corrected chi connectivity index (χ4v) is 4.23. The third-order valence-electron chi connectivity index (χ3n) is 4.98. The van der Waals surface area contributed by atoms with Crippen molar-refractivity contribution in [2.45, 2.75) is 32.1 Å². The lowest BCUT2D eigenvalue weighted by atomic mass is 9.69. The predicted octanol–water partition coefficient (Wildman–Crippen LogP) is 3.65. The Kier molecular flexibility index (Phi) is 2.92. The van der Waals surface area contributed by atoms with Gasteiger partial charge in [0.05, 0.1) is 0 Å². The summed E-state index contributed by atoms with van der Waals surface area (Å²) in [4.78, 5) is 0. The number of benzene rings is 1. The van der Waals surface area contributed by atoms with E-state index in [2.05, 4.69) is 12.1 Å². The van der Waals surface area contributed by atoms with Crippen LogP contribution in [0, 0.1) is 17.3 Å². The van der Waals surface area contributed by atoms with Gasteiger partial charge in [0.1, 0.15) is 0 Å². The first-order chi connectivity index (χ1) is 8.22. The Morgan fingerprint density at radius 2 is 2.00 bits per heavy atom. The molecule has 2 bridgehead atoms. The zero-order chi connectivity index (χ0) is 11.9. The summed E-state index contributed by atoms with van der Waals surface area (Å²) in [6.45, 7) is 0.844. The van der Waals surface area contributed by atoms with Gasteiger partial charge in [0.15, 0.2) is 0 Å². The van der Waals surface area contributed by atoms with Gasteiger partial charge in [-0.05, 0) is 67.2 Å². The maximum atomic E-state index is 6.11. The molecule has 0 radical (unpaired) electrons. The summed E-state index contributed by atoms with van der Waals surface area (Å²) in [6, 6.07) is 8.31. The van der Waals surface area contributed by atoms with Crippen LogP contribution < -0.4 is 5.73 Å². The molecule has 2 aliphatic rings. The first-order valence-corrected chi connectivity index (χ1v) is 7.04. The number of rotatable bonds is 3. The highest BCUT2D eigenvalue weighted by Crippen LogP contribution is 2.56. The third kappa shape index (κ3) is 2.00. The highest BCUT2D eigenvalue weighted by molar-refractivity contribution is 6.30. The first-order valence-electron chi connectivity index (χ1n) is 6.66. The second-order valence-electron chi connectivity index (χ2n) is 5.95. The Balaban J connectivity index is 1.80. The molecule has 17 heavy (non-hydrogen) atoms. The number of hydrogen-bond acceptors (Lipinski definition) is 1. The standard InChI is InChI=1S/C15H20ClN/c16-14-5-2-11(3-6-14)8-15(10-17)9-12-1-4-13(15)7-12/h2-3,5-6,12-13H,1,4,7-10,17H2. The van der Waals surface area contributed by atoms with Crippen LogP contribution in [0.15, 0.2) is 24.3 Å². The molecule has 0 amide bonds. The van der Waals surface area contributed by atoms with E-state index < -0.39 is 0 Å². The minimum atomic E-state index is 0.386. The van der Waals surface area contributed by atoms with Crippen molar-refractivity contribution in [3.8, 4) is 0 Å². The van der Waals surface area contributed by atoms with Gasteiger partial charge in [-0.1, -0.05) is 30.2 Å². The van der Waals surface area contributed by atoms with E-state index in [1.165, 1.54) is 31.2 Å². The molecule has 2 N–H and O–H groups in total. The van der Waals surface area contributed by atoms with Crippen LogP contribution in [0.25, 0.3) is 0 Å². The molecule has 2 heteroatoms. The molecule has 1 aromatic carbocycles. The molecule has 2 aliphatic carbocycles. The molecule has 0 aliphatic heterocycles. The zero-order valence-corrected chi connectivity index (χ0v) is 10.9. The van der Waals surface area contributed by atoms with E-state index in [-0.39, 0.29) is 0 Å². The highest BCUT2D eigenvalue weighted by atomic mass is 35.5. The molecule has 3 atom stereocenters. The summed E-state index contributed by atoms with van der Waals surface area (Å²) < 4.78 is 0. The Morgan fingerprint density at radius 3 is 2.53 bits per heavy atom. The average molecular weight is 250 g/mol. The van der Waals surface area contributed by atoms with Gasteiger partial charge in [0.25, 0.3) is 0 Å². The topological polar surface area (TPSA) is 26.0 Å². The molecule has 3 unspecified atom stereocenters. The summed E-state index contributed by atoms with van der Waals surface area (Å²) in [5, 5.41) is 0.823. The van der Waals surface area contributed by atoms with Crippen molar-refractivity contribution in [1.82, 2.24) is 0 Å². The van der Waals surface area contributed by atoms with Crippen molar-refractivity contribution in [2.75, 3.05) is 6.54 Å². The van der Waals surface area contributed by atoms with Crippen molar-refractivity contribution in [3.05, 3.63) is 34.9 Å². The Hall–Kier alpha value is -0.530. The van der Waals surface area contributed by atoms with Gasteiger partial charge in [-0.3, -0.25) is 0 Å². The SMILES string of the molecule is NCC1(Cc2ccc(Cl)cc2)CC2CCC1C2. The monoisotopic (exact) mass is 249 g/mol. The van der Waals surface area contributed by atoms with Crippen LogP contribution in [0.2, 0.25) is 5.02 Å². The summed E-state index contributed by atoms with van der Waals surface area (Å²) in [5.41, 5.74) is 7.89. The van der Waals surface area contributed by atoms with Crippen molar-refractivity contribution in [3.63, 3.8) is 0 Å². The number of hydrogen-bond donors (Lipinski definition) is 1. The molecule has 3 rings (SSSR count). The smallest absolute Gasteiger partial charge is 0.0406 e. The van der Waals surface area contributed by atoms with E-state index in [0.717, 1.165) is 29.8 Å². The van der Waals surface area contributed by atoms with Gasteiger partial charge in [-0.25, -0.2) is 0 Å². The van der Waals surface area contributed by atoms with Crippen molar-refractivity contribution in [1.29, 1.82) is 0 Å². The molecular weight excluding hydrogens is 230 g/mol. The van der Waals surface area contributed by atoms with E-state index in [1.54, 1.807) is 0 Å². The first kappa shape index (κ1) is 11.6. The summed E-state index contributed by atoms with van der Waals surface area (Å²) in [7, 11) is 0. The summed E-state index contributed by atoms with van der Waals surface area (Å²) >= 11 is 5.94. The van der Waals surface area contributed by atoms with Crippen LogP contribution in [0.1, 0.15) is 31.2 Å². The minimum Gasteiger partial charge on any atom is -0.330 e. The van der Waals surface area contributed by atoms with Gasteiger partial charge in [0, 0.05) is 5.02 Å². The van der Waals surface area contributed by atoms with Gasteiger partial charge in [0.2, 0.25) is 0 Å². The molecule has 0 heterocycles. The van der Waals surface area contributed by atoms with Crippen molar-refractivity contribution < 1.29 is 0 Å². The Labute approximate surface area is 108 Å². The van der Waals surface area contributed by atoms with E-state index in [9.17, 15) is 0 Å². The van der Waals surface area contributed by atoms with Crippen molar-refractivity contribution in [2.24, 2.45) is 23.0 Å². The second kappa shape index (κ2) is 4.29. The van der Waals surface area contributed by atoms with Crippen LogP contribution in [-0.2, 0) is 6.42 Å². The molecular formula is C15H20ClN. The highest BCUT2D eigenvalue weighted by Gasteiger charge is 2.49. The van der Waals surface area contributed by atoms with E-state index in [4.69, 9.17) is 17.3 Å².